The van der Waals surface area contributed by atoms with Crippen LogP contribution in [0.3, 0.4) is 0 Å². The van der Waals surface area contributed by atoms with Crippen LogP contribution in [0.2, 0.25) is 0 Å². The van der Waals surface area contributed by atoms with E-state index >= 15 is 0 Å². The van der Waals surface area contributed by atoms with Crippen LogP contribution in [-0.4, -0.2) is 17.4 Å². The molecule has 2 rings (SSSR count). The van der Waals surface area contributed by atoms with Gasteiger partial charge in [0.1, 0.15) is 5.52 Å². The fraction of sp³-hybridized carbons (Fsp3) is 0.500. The average molecular weight is 274 g/mol. The molecule has 20 heavy (non-hydrogen) atoms. The molecule has 0 saturated carbocycles. The Morgan fingerprint density at radius 3 is 2.90 bits per heavy atom. The van der Waals surface area contributed by atoms with Crippen LogP contribution in [0.5, 0.6) is 0 Å². The van der Waals surface area contributed by atoms with Crippen LogP contribution in [0.15, 0.2) is 22.6 Å². The first kappa shape index (κ1) is 14.6. The highest BCUT2D eigenvalue weighted by atomic mass is 16.3. The monoisotopic (exact) mass is 274 g/mol. The first-order chi connectivity index (χ1) is 9.61. The molecule has 0 unspecified atom stereocenters. The summed E-state index contributed by atoms with van der Waals surface area (Å²) in [5.41, 5.74) is 2.97. The molecule has 0 aliphatic rings. The minimum atomic E-state index is 0.102. The highest BCUT2D eigenvalue weighted by Gasteiger charge is 2.12. The number of aromatic nitrogens is 1. The van der Waals surface area contributed by atoms with Crippen LogP contribution < -0.4 is 5.32 Å². The van der Waals surface area contributed by atoms with E-state index in [0.717, 1.165) is 35.4 Å². The second kappa shape index (κ2) is 6.55. The molecule has 0 bridgehead atoms. The Bertz CT molecular complexity index is 587. The van der Waals surface area contributed by atoms with Gasteiger partial charge in [-0.25, -0.2) is 4.98 Å². The van der Waals surface area contributed by atoms with Crippen molar-refractivity contribution in [2.45, 2.75) is 46.0 Å². The van der Waals surface area contributed by atoms with Crippen molar-refractivity contribution < 1.29 is 9.21 Å². The van der Waals surface area contributed by atoms with E-state index in [1.807, 2.05) is 19.1 Å². The smallest absolute Gasteiger partial charge is 0.219 e. The lowest BCUT2D eigenvalue weighted by molar-refractivity contribution is -0.120. The molecule has 4 nitrogen and oxygen atoms in total. The van der Waals surface area contributed by atoms with Crippen LogP contribution in [-0.2, 0) is 11.2 Å². The van der Waals surface area contributed by atoms with Crippen molar-refractivity contribution in [1.82, 2.24) is 10.3 Å². The summed E-state index contributed by atoms with van der Waals surface area (Å²) in [4.78, 5) is 15.7. The number of amides is 1. The van der Waals surface area contributed by atoms with Crippen LogP contribution >= 0.6 is 0 Å². The SMILES string of the molecule is CCC(=O)NCCCc1cccc2nc(C(C)C)oc12. The number of aryl methyl sites for hydroxylation is 1. The summed E-state index contributed by atoms with van der Waals surface area (Å²) in [6.45, 7) is 6.71. The third-order valence-corrected chi connectivity index (χ3v) is 3.27. The van der Waals surface area contributed by atoms with Gasteiger partial charge in [-0.05, 0) is 24.5 Å². The highest BCUT2D eigenvalue weighted by molar-refractivity contribution is 5.76. The summed E-state index contributed by atoms with van der Waals surface area (Å²) in [6, 6.07) is 6.06. The quantitative estimate of drug-likeness (QED) is 0.821. The molecule has 4 heteroatoms. The second-order valence-electron chi connectivity index (χ2n) is 5.28. The summed E-state index contributed by atoms with van der Waals surface area (Å²) in [5, 5.41) is 2.89. The minimum Gasteiger partial charge on any atom is -0.440 e. The average Bonchev–Trinajstić information content (AvgIpc) is 2.88. The maximum atomic E-state index is 11.2. The maximum absolute atomic E-state index is 11.2. The Labute approximate surface area is 119 Å². The zero-order valence-corrected chi connectivity index (χ0v) is 12.4. The van der Waals surface area contributed by atoms with Gasteiger partial charge in [0.2, 0.25) is 5.91 Å². The van der Waals surface area contributed by atoms with Crippen molar-refractivity contribution in [1.29, 1.82) is 0 Å². The lowest BCUT2D eigenvalue weighted by Gasteiger charge is -2.04. The fourth-order valence-corrected chi connectivity index (χ4v) is 2.10. The van der Waals surface area contributed by atoms with Gasteiger partial charge < -0.3 is 9.73 Å². The van der Waals surface area contributed by atoms with Crippen molar-refractivity contribution in [2.24, 2.45) is 0 Å². The molecule has 0 saturated heterocycles. The van der Waals surface area contributed by atoms with E-state index in [0.29, 0.717) is 18.9 Å². The molecule has 0 aliphatic heterocycles. The number of nitrogens with zero attached hydrogens (tertiary/aromatic N) is 1. The molecule has 108 valence electrons. The molecular formula is C16H22N2O2. The van der Waals surface area contributed by atoms with Crippen molar-refractivity contribution in [3.63, 3.8) is 0 Å². The third-order valence-electron chi connectivity index (χ3n) is 3.27. The molecule has 2 aromatic rings. The first-order valence-electron chi connectivity index (χ1n) is 7.26. The van der Waals surface area contributed by atoms with Crippen LogP contribution in [0.25, 0.3) is 11.1 Å². The zero-order valence-electron chi connectivity index (χ0n) is 12.4. The molecule has 0 fully saturated rings. The second-order valence-corrected chi connectivity index (χ2v) is 5.28. The lowest BCUT2D eigenvalue weighted by Crippen LogP contribution is -2.23. The van der Waals surface area contributed by atoms with E-state index in [4.69, 9.17) is 4.42 Å². The lowest BCUT2D eigenvalue weighted by atomic mass is 10.1. The summed E-state index contributed by atoms with van der Waals surface area (Å²) in [6.07, 6.45) is 2.33. The van der Waals surface area contributed by atoms with E-state index < -0.39 is 0 Å². The molecule has 0 spiro atoms. The maximum Gasteiger partial charge on any atom is 0.219 e. The largest absolute Gasteiger partial charge is 0.440 e. The van der Waals surface area contributed by atoms with Gasteiger partial charge in [-0.1, -0.05) is 32.9 Å². The molecule has 1 aromatic carbocycles. The molecule has 1 aromatic heterocycles. The number of carbonyl (C=O) groups is 1. The van der Waals surface area contributed by atoms with Crippen LogP contribution in [0.1, 0.15) is 51.0 Å². The van der Waals surface area contributed by atoms with E-state index in [-0.39, 0.29) is 5.91 Å². The Morgan fingerprint density at radius 2 is 2.20 bits per heavy atom. The summed E-state index contributed by atoms with van der Waals surface area (Å²) in [5.74, 6) is 1.18. The summed E-state index contributed by atoms with van der Waals surface area (Å²) >= 11 is 0. The normalized spacial score (nSPS) is 11.2. The van der Waals surface area contributed by atoms with Gasteiger partial charge in [0.25, 0.3) is 0 Å². The van der Waals surface area contributed by atoms with Gasteiger partial charge >= 0.3 is 0 Å². The van der Waals surface area contributed by atoms with Crippen molar-refractivity contribution >= 4 is 17.0 Å². The number of rotatable bonds is 6. The highest BCUT2D eigenvalue weighted by Crippen LogP contribution is 2.24. The van der Waals surface area contributed by atoms with Gasteiger partial charge in [0.05, 0.1) is 0 Å². The molecule has 0 radical (unpaired) electrons. The van der Waals surface area contributed by atoms with Gasteiger partial charge in [-0.15, -0.1) is 0 Å². The van der Waals surface area contributed by atoms with Crippen LogP contribution in [0, 0.1) is 0 Å². The van der Waals surface area contributed by atoms with Crippen molar-refractivity contribution in [2.75, 3.05) is 6.54 Å². The number of carbonyl (C=O) groups excluding carboxylic acids is 1. The standard InChI is InChI=1S/C16H22N2O2/c1-4-14(19)17-10-6-8-12-7-5-9-13-15(12)20-16(18-13)11(2)3/h5,7,9,11H,4,6,8,10H2,1-3H3,(H,17,19). The van der Waals surface area contributed by atoms with Gasteiger partial charge in [-0.2, -0.15) is 0 Å². The first-order valence-corrected chi connectivity index (χ1v) is 7.26. The topological polar surface area (TPSA) is 55.1 Å². The summed E-state index contributed by atoms with van der Waals surface area (Å²) in [7, 11) is 0. The van der Waals surface area contributed by atoms with Crippen LogP contribution in [0.4, 0.5) is 0 Å². The number of hydrogen-bond donors (Lipinski definition) is 1. The Morgan fingerprint density at radius 1 is 1.40 bits per heavy atom. The number of nitrogens with one attached hydrogen (secondary N) is 1. The fourth-order valence-electron chi connectivity index (χ4n) is 2.10. The van der Waals surface area contributed by atoms with E-state index in [9.17, 15) is 4.79 Å². The van der Waals surface area contributed by atoms with Gasteiger partial charge in [-0.3, -0.25) is 4.79 Å². The number of benzene rings is 1. The number of hydrogen-bond acceptors (Lipinski definition) is 3. The molecular weight excluding hydrogens is 252 g/mol. The Hall–Kier alpha value is -1.84. The summed E-state index contributed by atoms with van der Waals surface area (Å²) < 4.78 is 5.86. The predicted octanol–water partition coefficient (Wildman–Crippen LogP) is 3.41. The zero-order chi connectivity index (χ0) is 14.5. The van der Waals surface area contributed by atoms with Crippen molar-refractivity contribution in [3.05, 3.63) is 29.7 Å². The van der Waals surface area contributed by atoms with E-state index in [1.54, 1.807) is 0 Å². The molecule has 0 aliphatic carbocycles. The predicted molar refractivity (Wildman–Crippen MR) is 79.7 cm³/mol. The van der Waals surface area contributed by atoms with Gasteiger partial charge in [0, 0.05) is 18.9 Å². The number of oxazole rings is 1. The Kier molecular flexibility index (Phi) is 4.77. The number of fused-ring (bicyclic) bond motifs is 1. The molecule has 1 heterocycles. The molecule has 1 amide bonds. The van der Waals surface area contributed by atoms with E-state index in [2.05, 4.69) is 30.2 Å². The molecule has 0 atom stereocenters. The Balaban J connectivity index is 2.04. The van der Waals surface area contributed by atoms with Gasteiger partial charge in [0.15, 0.2) is 11.5 Å². The number of para-hydroxylation sites is 1. The minimum absolute atomic E-state index is 0.102. The third kappa shape index (κ3) is 3.38. The van der Waals surface area contributed by atoms with E-state index in [1.165, 1.54) is 0 Å². The van der Waals surface area contributed by atoms with Crippen molar-refractivity contribution in [3.8, 4) is 0 Å². The molecule has 1 N–H and O–H groups in total.